The molecule has 0 amide bonds. The van der Waals surface area contributed by atoms with Crippen LogP contribution in [0, 0.1) is 5.82 Å². The molecule has 0 saturated heterocycles. The first-order chi connectivity index (χ1) is 6.20. The molecule has 0 aliphatic rings. The van der Waals surface area contributed by atoms with Gasteiger partial charge in [-0.05, 0) is 12.1 Å². The van der Waals surface area contributed by atoms with Crippen molar-refractivity contribution in [3.8, 4) is 0 Å². The molecule has 0 saturated carbocycles. The van der Waals surface area contributed by atoms with E-state index in [1.807, 2.05) is 0 Å². The van der Waals surface area contributed by atoms with Gasteiger partial charge in [0.05, 0.1) is 5.56 Å². The van der Waals surface area contributed by atoms with Crippen LogP contribution in [0.25, 0.3) is 0 Å². The zero-order chi connectivity index (χ0) is 9.84. The van der Waals surface area contributed by atoms with Gasteiger partial charge < -0.3 is 15.2 Å². The van der Waals surface area contributed by atoms with Gasteiger partial charge in [0.2, 0.25) is 0 Å². The SMILES string of the molecule is COC(OC)c1c(N)cccc1F. The van der Waals surface area contributed by atoms with Gasteiger partial charge in [0.25, 0.3) is 0 Å². The highest BCUT2D eigenvalue weighted by molar-refractivity contribution is 5.47. The maximum Gasteiger partial charge on any atom is 0.187 e. The monoisotopic (exact) mass is 185 g/mol. The molecule has 2 N–H and O–H groups in total. The number of hydrogen-bond donors (Lipinski definition) is 1. The van der Waals surface area contributed by atoms with Crippen LogP contribution >= 0.6 is 0 Å². The number of benzene rings is 1. The zero-order valence-electron chi connectivity index (χ0n) is 7.58. The standard InChI is InChI=1S/C9H12FNO2/c1-12-9(13-2)8-6(10)4-3-5-7(8)11/h3-5,9H,11H2,1-2H3. The van der Waals surface area contributed by atoms with Crippen molar-refractivity contribution in [1.82, 2.24) is 0 Å². The summed E-state index contributed by atoms with van der Waals surface area (Å²) in [5, 5.41) is 0. The minimum Gasteiger partial charge on any atom is -0.398 e. The summed E-state index contributed by atoms with van der Waals surface area (Å²) in [4.78, 5) is 0. The number of ether oxygens (including phenoxy) is 2. The van der Waals surface area contributed by atoms with Crippen molar-refractivity contribution in [2.24, 2.45) is 0 Å². The van der Waals surface area contributed by atoms with Crippen molar-refractivity contribution in [3.05, 3.63) is 29.6 Å². The number of halogens is 1. The second-order valence-corrected chi connectivity index (χ2v) is 2.55. The van der Waals surface area contributed by atoms with Crippen LogP contribution in [0.1, 0.15) is 11.9 Å². The number of nitrogens with two attached hydrogens (primary N) is 1. The van der Waals surface area contributed by atoms with Crippen molar-refractivity contribution >= 4 is 5.69 Å². The summed E-state index contributed by atoms with van der Waals surface area (Å²) in [6.45, 7) is 0. The van der Waals surface area contributed by atoms with Gasteiger partial charge in [-0.15, -0.1) is 0 Å². The Hall–Kier alpha value is -1.13. The summed E-state index contributed by atoms with van der Waals surface area (Å²) in [5.74, 6) is -0.422. The zero-order valence-corrected chi connectivity index (χ0v) is 7.58. The molecule has 0 fully saturated rings. The van der Waals surface area contributed by atoms with Crippen molar-refractivity contribution < 1.29 is 13.9 Å². The fourth-order valence-electron chi connectivity index (χ4n) is 1.13. The van der Waals surface area contributed by atoms with E-state index >= 15 is 0 Å². The van der Waals surface area contributed by atoms with Gasteiger partial charge in [-0.2, -0.15) is 0 Å². The normalized spacial score (nSPS) is 10.8. The molecular formula is C9H12FNO2. The predicted octanol–water partition coefficient (Wildman–Crippen LogP) is 1.70. The lowest BCUT2D eigenvalue weighted by Crippen LogP contribution is -2.09. The molecular weight excluding hydrogens is 173 g/mol. The highest BCUT2D eigenvalue weighted by Gasteiger charge is 2.16. The molecule has 0 aliphatic carbocycles. The van der Waals surface area contributed by atoms with E-state index in [0.29, 0.717) is 5.69 Å². The van der Waals surface area contributed by atoms with E-state index in [-0.39, 0.29) is 5.56 Å². The Morgan fingerprint density at radius 3 is 2.38 bits per heavy atom. The first kappa shape index (κ1) is 9.95. The highest BCUT2D eigenvalue weighted by atomic mass is 19.1. The largest absolute Gasteiger partial charge is 0.398 e. The summed E-state index contributed by atoms with van der Waals surface area (Å²) in [5.41, 5.74) is 6.14. The third kappa shape index (κ3) is 1.96. The van der Waals surface area contributed by atoms with E-state index in [9.17, 15) is 4.39 Å². The smallest absolute Gasteiger partial charge is 0.187 e. The molecule has 0 unspecified atom stereocenters. The van der Waals surface area contributed by atoms with Crippen LogP contribution in [0.4, 0.5) is 10.1 Å². The maximum absolute atomic E-state index is 13.2. The molecule has 1 rings (SSSR count). The third-order valence-corrected chi connectivity index (χ3v) is 1.75. The van der Waals surface area contributed by atoms with Gasteiger partial charge in [0.15, 0.2) is 6.29 Å². The fraction of sp³-hybridized carbons (Fsp3) is 0.333. The van der Waals surface area contributed by atoms with E-state index in [0.717, 1.165) is 0 Å². The van der Waals surface area contributed by atoms with Crippen LogP contribution in [0.5, 0.6) is 0 Å². The molecule has 0 atom stereocenters. The Labute approximate surface area is 76.3 Å². The lowest BCUT2D eigenvalue weighted by Gasteiger charge is -2.16. The molecule has 0 radical (unpaired) electrons. The van der Waals surface area contributed by atoms with E-state index < -0.39 is 12.1 Å². The van der Waals surface area contributed by atoms with Gasteiger partial charge in [-0.3, -0.25) is 0 Å². The second kappa shape index (κ2) is 4.20. The van der Waals surface area contributed by atoms with Gasteiger partial charge >= 0.3 is 0 Å². The van der Waals surface area contributed by atoms with Crippen LogP contribution in [-0.2, 0) is 9.47 Å². The Morgan fingerprint density at radius 2 is 1.92 bits per heavy atom. The lowest BCUT2D eigenvalue weighted by atomic mass is 10.1. The average Bonchev–Trinajstić information content (AvgIpc) is 2.11. The summed E-state index contributed by atoms with van der Waals surface area (Å²) in [6.07, 6.45) is -0.749. The van der Waals surface area contributed by atoms with Gasteiger partial charge in [-0.1, -0.05) is 6.07 Å². The van der Waals surface area contributed by atoms with Crippen LogP contribution in [0.2, 0.25) is 0 Å². The highest BCUT2D eigenvalue weighted by Crippen LogP contribution is 2.26. The Balaban J connectivity index is 3.10. The topological polar surface area (TPSA) is 44.5 Å². The lowest BCUT2D eigenvalue weighted by molar-refractivity contribution is -0.107. The number of nitrogen functional groups attached to an aromatic ring is 1. The van der Waals surface area contributed by atoms with Crippen LogP contribution < -0.4 is 5.73 Å². The van der Waals surface area contributed by atoms with E-state index in [1.54, 1.807) is 6.07 Å². The Kier molecular flexibility index (Phi) is 3.22. The molecule has 3 nitrogen and oxygen atoms in total. The summed E-state index contributed by atoms with van der Waals surface area (Å²) < 4.78 is 23.0. The molecule has 0 aliphatic heterocycles. The summed E-state index contributed by atoms with van der Waals surface area (Å²) >= 11 is 0. The minimum absolute atomic E-state index is 0.243. The van der Waals surface area contributed by atoms with Crippen LogP contribution in [-0.4, -0.2) is 14.2 Å². The van der Waals surface area contributed by atoms with E-state index in [1.165, 1.54) is 26.4 Å². The average molecular weight is 185 g/mol. The number of methoxy groups -OCH3 is 2. The second-order valence-electron chi connectivity index (χ2n) is 2.55. The number of hydrogen-bond acceptors (Lipinski definition) is 3. The molecule has 0 aromatic heterocycles. The quantitative estimate of drug-likeness (QED) is 0.575. The van der Waals surface area contributed by atoms with Gasteiger partial charge in [-0.25, -0.2) is 4.39 Å². The first-order valence-corrected chi connectivity index (χ1v) is 3.80. The van der Waals surface area contributed by atoms with Crippen molar-refractivity contribution in [3.63, 3.8) is 0 Å². The summed E-state index contributed by atoms with van der Waals surface area (Å²) in [6, 6.07) is 4.46. The molecule has 4 heteroatoms. The molecule has 0 spiro atoms. The van der Waals surface area contributed by atoms with Crippen LogP contribution in [0.15, 0.2) is 18.2 Å². The number of rotatable bonds is 3. The molecule has 0 heterocycles. The molecule has 72 valence electrons. The maximum atomic E-state index is 13.2. The molecule has 1 aromatic carbocycles. The molecule has 0 bridgehead atoms. The third-order valence-electron chi connectivity index (χ3n) is 1.75. The van der Waals surface area contributed by atoms with E-state index in [4.69, 9.17) is 15.2 Å². The predicted molar refractivity (Wildman–Crippen MR) is 47.6 cm³/mol. The molecule has 13 heavy (non-hydrogen) atoms. The minimum atomic E-state index is -0.749. The van der Waals surface area contributed by atoms with Crippen molar-refractivity contribution in [2.45, 2.75) is 6.29 Å². The van der Waals surface area contributed by atoms with Crippen molar-refractivity contribution in [1.29, 1.82) is 0 Å². The number of anilines is 1. The summed E-state index contributed by atoms with van der Waals surface area (Å²) in [7, 11) is 2.86. The van der Waals surface area contributed by atoms with E-state index in [2.05, 4.69) is 0 Å². The van der Waals surface area contributed by atoms with Crippen molar-refractivity contribution in [2.75, 3.05) is 20.0 Å². The van der Waals surface area contributed by atoms with Gasteiger partial charge in [0, 0.05) is 19.9 Å². The fourth-order valence-corrected chi connectivity index (χ4v) is 1.13. The first-order valence-electron chi connectivity index (χ1n) is 3.80. The van der Waals surface area contributed by atoms with Gasteiger partial charge in [0.1, 0.15) is 5.82 Å². The molecule has 1 aromatic rings. The Bertz CT molecular complexity index is 267. The van der Waals surface area contributed by atoms with Crippen LogP contribution in [0.3, 0.4) is 0 Å². The Morgan fingerprint density at radius 1 is 1.31 bits per heavy atom.